The van der Waals surface area contributed by atoms with Crippen molar-refractivity contribution < 1.29 is 0 Å². The van der Waals surface area contributed by atoms with E-state index in [9.17, 15) is 0 Å². The van der Waals surface area contributed by atoms with Gasteiger partial charge in [-0.1, -0.05) is 0 Å². The van der Waals surface area contributed by atoms with E-state index >= 15 is 0 Å². The van der Waals surface area contributed by atoms with Crippen LogP contribution in [0.25, 0.3) is 11.0 Å². The predicted molar refractivity (Wildman–Crippen MR) is 57.0 cm³/mol. The van der Waals surface area contributed by atoms with Crippen LogP contribution in [-0.4, -0.2) is 21.7 Å². The van der Waals surface area contributed by atoms with Crippen molar-refractivity contribution in [2.75, 3.05) is 6.54 Å². The van der Waals surface area contributed by atoms with Gasteiger partial charge >= 0.3 is 0 Å². The molecule has 3 rings (SSSR count). The largest absolute Gasteiger partial charge is 0.312 e. The van der Waals surface area contributed by atoms with E-state index in [0.717, 1.165) is 35.1 Å². The summed E-state index contributed by atoms with van der Waals surface area (Å²) < 4.78 is 0.874. The zero-order chi connectivity index (χ0) is 9.54. The lowest BCUT2D eigenvalue weighted by molar-refractivity contribution is 0.645. The van der Waals surface area contributed by atoms with Crippen LogP contribution in [0.3, 0.4) is 0 Å². The van der Waals surface area contributed by atoms with E-state index in [1.807, 2.05) is 6.20 Å². The lowest BCUT2D eigenvalue weighted by atomic mass is 10.0. The van der Waals surface area contributed by atoms with E-state index in [0.29, 0.717) is 0 Å². The fraction of sp³-hybridized carbons (Fsp3) is 0.333. The van der Waals surface area contributed by atoms with Crippen LogP contribution >= 0.6 is 15.9 Å². The fourth-order valence-electron chi connectivity index (χ4n) is 1.93. The normalized spacial score (nSPS) is 15.8. The SMILES string of the molecule is Brc1n[nH]c2ncc3c(c12)CCNC3. The highest BCUT2D eigenvalue weighted by atomic mass is 79.9. The van der Waals surface area contributed by atoms with Crippen molar-refractivity contribution in [1.29, 1.82) is 0 Å². The summed E-state index contributed by atoms with van der Waals surface area (Å²) in [6.07, 6.45) is 2.97. The van der Waals surface area contributed by atoms with Gasteiger partial charge in [0.1, 0.15) is 4.60 Å². The van der Waals surface area contributed by atoms with Crippen LogP contribution in [-0.2, 0) is 13.0 Å². The molecule has 1 aliphatic rings. The van der Waals surface area contributed by atoms with E-state index in [-0.39, 0.29) is 0 Å². The number of pyridine rings is 1. The number of fused-ring (bicyclic) bond motifs is 3. The number of aromatic amines is 1. The van der Waals surface area contributed by atoms with Gasteiger partial charge in [0.2, 0.25) is 0 Å². The summed E-state index contributed by atoms with van der Waals surface area (Å²) in [5.41, 5.74) is 3.53. The van der Waals surface area contributed by atoms with Crippen LogP contribution in [0.2, 0.25) is 0 Å². The summed E-state index contributed by atoms with van der Waals surface area (Å²) in [4.78, 5) is 4.33. The van der Waals surface area contributed by atoms with Gasteiger partial charge in [0, 0.05) is 12.7 Å². The summed E-state index contributed by atoms with van der Waals surface area (Å²) in [7, 11) is 0. The van der Waals surface area contributed by atoms with Crippen LogP contribution in [0, 0.1) is 0 Å². The number of aromatic nitrogens is 3. The monoisotopic (exact) mass is 252 g/mol. The molecule has 0 amide bonds. The molecule has 1 aliphatic heterocycles. The number of halogens is 1. The molecule has 14 heavy (non-hydrogen) atoms. The Hall–Kier alpha value is -0.940. The first kappa shape index (κ1) is 8.38. The highest BCUT2D eigenvalue weighted by Crippen LogP contribution is 2.27. The molecule has 0 unspecified atom stereocenters. The molecular formula is C9H9BrN4. The molecule has 0 radical (unpaired) electrons. The second-order valence-electron chi connectivity index (χ2n) is 3.43. The Balaban J connectivity index is 2.38. The number of hydrogen-bond acceptors (Lipinski definition) is 3. The fourth-order valence-corrected chi connectivity index (χ4v) is 2.44. The molecule has 0 saturated carbocycles. The standard InChI is InChI=1S/C9H9BrN4/c10-8-7-6-1-2-11-3-5(6)4-12-9(7)14-13-8/h4,11H,1-3H2,(H,12,13,14). The molecule has 3 heterocycles. The Kier molecular flexibility index (Phi) is 1.81. The van der Waals surface area contributed by atoms with Crippen molar-refractivity contribution in [3.8, 4) is 0 Å². The minimum atomic E-state index is 0.873. The second kappa shape index (κ2) is 3.03. The Morgan fingerprint density at radius 2 is 2.36 bits per heavy atom. The van der Waals surface area contributed by atoms with Crippen molar-refractivity contribution in [2.24, 2.45) is 0 Å². The highest BCUT2D eigenvalue weighted by Gasteiger charge is 2.16. The molecule has 72 valence electrons. The number of nitrogens with one attached hydrogen (secondary N) is 2. The Bertz CT molecular complexity index is 491. The molecule has 0 aliphatic carbocycles. The molecule has 0 fully saturated rings. The Morgan fingerprint density at radius 1 is 1.43 bits per heavy atom. The van der Waals surface area contributed by atoms with Gasteiger partial charge in [-0.05, 0) is 40.0 Å². The molecule has 0 bridgehead atoms. The summed E-state index contributed by atoms with van der Waals surface area (Å²) in [6, 6.07) is 0. The second-order valence-corrected chi connectivity index (χ2v) is 4.18. The number of H-pyrrole nitrogens is 1. The third kappa shape index (κ3) is 1.09. The van der Waals surface area contributed by atoms with Crippen LogP contribution < -0.4 is 5.32 Å². The maximum Gasteiger partial charge on any atom is 0.156 e. The minimum absolute atomic E-state index is 0.873. The molecule has 0 spiro atoms. The van der Waals surface area contributed by atoms with Crippen molar-refractivity contribution in [1.82, 2.24) is 20.5 Å². The molecule has 4 nitrogen and oxygen atoms in total. The van der Waals surface area contributed by atoms with E-state index in [1.165, 1.54) is 11.1 Å². The average Bonchev–Trinajstić information content (AvgIpc) is 2.61. The number of rotatable bonds is 0. The first-order chi connectivity index (χ1) is 6.86. The average molecular weight is 253 g/mol. The third-order valence-corrected chi connectivity index (χ3v) is 3.18. The van der Waals surface area contributed by atoms with E-state index in [4.69, 9.17) is 0 Å². The molecular weight excluding hydrogens is 244 g/mol. The van der Waals surface area contributed by atoms with Gasteiger partial charge in [-0.3, -0.25) is 5.10 Å². The summed E-state index contributed by atoms with van der Waals surface area (Å²) in [5.74, 6) is 0. The quantitative estimate of drug-likeness (QED) is 0.745. The Morgan fingerprint density at radius 3 is 3.29 bits per heavy atom. The maximum atomic E-state index is 4.33. The van der Waals surface area contributed by atoms with Crippen LogP contribution in [0.5, 0.6) is 0 Å². The number of hydrogen-bond donors (Lipinski definition) is 2. The first-order valence-electron chi connectivity index (χ1n) is 4.57. The van der Waals surface area contributed by atoms with Crippen molar-refractivity contribution >= 4 is 27.0 Å². The van der Waals surface area contributed by atoms with Gasteiger partial charge in [0.15, 0.2) is 5.65 Å². The summed E-state index contributed by atoms with van der Waals surface area (Å²) in [6.45, 7) is 1.94. The Labute approximate surface area is 89.2 Å². The molecule has 2 N–H and O–H groups in total. The van der Waals surface area contributed by atoms with Crippen molar-refractivity contribution in [3.05, 3.63) is 21.9 Å². The summed E-state index contributed by atoms with van der Waals surface area (Å²) in [5, 5.41) is 11.5. The topological polar surface area (TPSA) is 53.6 Å². The lowest BCUT2D eigenvalue weighted by Crippen LogP contribution is -2.23. The van der Waals surface area contributed by atoms with E-state index in [2.05, 4.69) is 36.4 Å². The molecule has 0 saturated heterocycles. The highest BCUT2D eigenvalue weighted by molar-refractivity contribution is 9.10. The number of nitrogens with zero attached hydrogens (tertiary/aromatic N) is 2. The molecule has 5 heteroatoms. The maximum absolute atomic E-state index is 4.33. The van der Waals surface area contributed by atoms with Crippen LogP contribution in [0.1, 0.15) is 11.1 Å². The smallest absolute Gasteiger partial charge is 0.156 e. The first-order valence-corrected chi connectivity index (χ1v) is 5.36. The van der Waals surface area contributed by atoms with Gasteiger partial charge < -0.3 is 5.32 Å². The van der Waals surface area contributed by atoms with Gasteiger partial charge in [-0.15, -0.1) is 0 Å². The molecule has 0 atom stereocenters. The molecule has 2 aromatic heterocycles. The predicted octanol–water partition coefficient (Wildman–Crippen LogP) is 1.37. The van der Waals surface area contributed by atoms with Gasteiger partial charge in [-0.25, -0.2) is 4.98 Å². The minimum Gasteiger partial charge on any atom is -0.312 e. The third-order valence-electron chi connectivity index (χ3n) is 2.61. The zero-order valence-electron chi connectivity index (χ0n) is 7.47. The van der Waals surface area contributed by atoms with Crippen molar-refractivity contribution in [3.63, 3.8) is 0 Å². The van der Waals surface area contributed by atoms with Gasteiger partial charge in [0.25, 0.3) is 0 Å². The summed E-state index contributed by atoms with van der Waals surface area (Å²) >= 11 is 3.44. The van der Waals surface area contributed by atoms with Crippen LogP contribution in [0.15, 0.2) is 10.8 Å². The molecule has 0 aromatic carbocycles. The van der Waals surface area contributed by atoms with E-state index < -0.39 is 0 Å². The van der Waals surface area contributed by atoms with Gasteiger partial charge in [-0.2, -0.15) is 5.10 Å². The molecule has 2 aromatic rings. The van der Waals surface area contributed by atoms with E-state index in [1.54, 1.807) is 0 Å². The van der Waals surface area contributed by atoms with Crippen LogP contribution in [0.4, 0.5) is 0 Å². The van der Waals surface area contributed by atoms with Gasteiger partial charge in [0.05, 0.1) is 5.39 Å². The lowest BCUT2D eigenvalue weighted by Gasteiger charge is -2.16. The van der Waals surface area contributed by atoms with Crippen molar-refractivity contribution in [2.45, 2.75) is 13.0 Å². The zero-order valence-corrected chi connectivity index (χ0v) is 9.06.